The average molecular weight is 548 g/mol. The van der Waals surface area contributed by atoms with Crippen LogP contribution in [0.1, 0.15) is 50.8 Å². The molecule has 3 heterocycles. The number of pyridine rings is 2. The van der Waals surface area contributed by atoms with Gasteiger partial charge in [0.05, 0.1) is 6.10 Å². The lowest BCUT2D eigenvalue weighted by Crippen LogP contribution is -2.28. The highest BCUT2D eigenvalue weighted by Gasteiger charge is 2.21. The summed E-state index contributed by atoms with van der Waals surface area (Å²) in [6.07, 6.45) is 10.1. The Balaban J connectivity index is 1.29. The number of hydrogen-bond donors (Lipinski definition) is 4. The van der Waals surface area contributed by atoms with E-state index in [0.717, 1.165) is 53.9 Å². The van der Waals surface area contributed by atoms with Crippen molar-refractivity contribution < 1.29 is 9.90 Å². The zero-order valence-electron chi connectivity index (χ0n) is 23.1. The number of benzene rings is 1. The fourth-order valence-corrected chi connectivity index (χ4v) is 4.47. The van der Waals surface area contributed by atoms with Crippen molar-refractivity contribution in [3.05, 3.63) is 84.6 Å². The Bertz CT molecular complexity index is 1540. The number of aliphatic hydroxyl groups is 1. The van der Waals surface area contributed by atoms with Crippen LogP contribution >= 0.6 is 0 Å². The Morgan fingerprint density at radius 1 is 0.927 bits per heavy atom. The zero-order valence-corrected chi connectivity index (χ0v) is 23.1. The third-order valence-electron chi connectivity index (χ3n) is 6.85. The molecule has 1 fully saturated rings. The van der Waals surface area contributed by atoms with Crippen LogP contribution in [0.5, 0.6) is 0 Å². The van der Waals surface area contributed by atoms with Gasteiger partial charge in [-0.1, -0.05) is 19.8 Å². The molecule has 0 aliphatic heterocycles. The van der Waals surface area contributed by atoms with Crippen LogP contribution in [0.15, 0.2) is 73.3 Å². The number of rotatable bonds is 7. The molecule has 0 atom stereocenters. The Hall–Kier alpha value is -4.81. The molecule has 9 nitrogen and oxygen atoms in total. The van der Waals surface area contributed by atoms with Gasteiger partial charge in [0.15, 0.2) is 0 Å². The van der Waals surface area contributed by atoms with Gasteiger partial charge in [0, 0.05) is 59.2 Å². The minimum atomic E-state index is -0.221. The number of aliphatic hydroxyl groups excluding tert-OH is 1. The molecule has 0 spiro atoms. The van der Waals surface area contributed by atoms with Crippen LogP contribution in [0.4, 0.5) is 23.1 Å². The van der Waals surface area contributed by atoms with Crippen molar-refractivity contribution in [2.75, 3.05) is 16.0 Å². The SMILES string of the molecule is CC(C)C(=O)Nc1ccnc(C#Cc2ccc(Nc3ncc(-c4ccncc4)c(NC4CCC(O)CC4)n3)cc2)c1. The van der Waals surface area contributed by atoms with Gasteiger partial charge in [0.1, 0.15) is 11.5 Å². The Morgan fingerprint density at radius 3 is 2.41 bits per heavy atom. The molecule has 0 radical (unpaired) electrons. The maximum atomic E-state index is 12.0. The summed E-state index contributed by atoms with van der Waals surface area (Å²) in [6.45, 7) is 3.69. The van der Waals surface area contributed by atoms with E-state index in [2.05, 4.69) is 42.7 Å². The maximum absolute atomic E-state index is 12.0. The minimum absolute atomic E-state index is 0.0501. The molecule has 5 rings (SSSR count). The molecular weight excluding hydrogens is 514 g/mol. The van der Waals surface area contributed by atoms with Gasteiger partial charge in [0.25, 0.3) is 0 Å². The lowest BCUT2D eigenvalue weighted by Gasteiger charge is -2.27. The largest absolute Gasteiger partial charge is 0.393 e. The van der Waals surface area contributed by atoms with E-state index in [1.165, 1.54) is 0 Å². The van der Waals surface area contributed by atoms with Gasteiger partial charge < -0.3 is 21.1 Å². The van der Waals surface area contributed by atoms with Gasteiger partial charge >= 0.3 is 0 Å². The van der Waals surface area contributed by atoms with Gasteiger partial charge in [0.2, 0.25) is 11.9 Å². The summed E-state index contributed by atoms with van der Waals surface area (Å²) in [4.78, 5) is 29.8. The van der Waals surface area contributed by atoms with Gasteiger partial charge in [-0.3, -0.25) is 9.78 Å². The molecule has 0 unspecified atom stereocenters. The normalized spacial score (nSPS) is 16.4. The summed E-state index contributed by atoms with van der Waals surface area (Å²) in [5.41, 5.74) is 4.78. The number of nitrogens with one attached hydrogen (secondary N) is 3. The molecule has 0 saturated heterocycles. The van der Waals surface area contributed by atoms with Gasteiger partial charge in [-0.15, -0.1) is 0 Å². The number of carbonyl (C=O) groups is 1. The molecule has 1 aliphatic carbocycles. The first-order chi connectivity index (χ1) is 19.9. The van der Waals surface area contributed by atoms with Crippen molar-refractivity contribution in [2.45, 2.75) is 51.7 Å². The van der Waals surface area contributed by atoms with Crippen LogP contribution in [0.25, 0.3) is 11.1 Å². The minimum Gasteiger partial charge on any atom is -0.393 e. The average Bonchev–Trinajstić information content (AvgIpc) is 2.99. The molecule has 1 saturated carbocycles. The van der Waals surface area contributed by atoms with Gasteiger partial charge in [-0.2, -0.15) is 4.98 Å². The summed E-state index contributed by atoms with van der Waals surface area (Å²) in [6, 6.07) is 15.3. The molecular formula is C32H33N7O2. The van der Waals surface area contributed by atoms with Crippen molar-refractivity contribution >= 4 is 29.0 Å². The number of amides is 1. The van der Waals surface area contributed by atoms with Crippen LogP contribution in [-0.2, 0) is 4.79 Å². The van der Waals surface area contributed by atoms with Crippen LogP contribution in [0.2, 0.25) is 0 Å². The fourth-order valence-electron chi connectivity index (χ4n) is 4.47. The van der Waals surface area contributed by atoms with Crippen molar-refractivity contribution in [1.82, 2.24) is 19.9 Å². The second-order valence-electron chi connectivity index (χ2n) is 10.4. The van der Waals surface area contributed by atoms with E-state index < -0.39 is 0 Å². The number of anilines is 4. The molecule has 9 heteroatoms. The van der Waals surface area contributed by atoms with E-state index in [0.29, 0.717) is 17.3 Å². The van der Waals surface area contributed by atoms with E-state index >= 15 is 0 Å². The Kier molecular flexibility index (Phi) is 8.82. The number of aromatic nitrogens is 4. The van der Waals surface area contributed by atoms with E-state index in [4.69, 9.17) is 4.98 Å². The highest BCUT2D eigenvalue weighted by Crippen LogP contribution is 2.30. The first kappa shape index (κ1) is 27.7. The lowest BCUT2D eigenvalue weighted by molar-refractivity contribution is -0.118. The molecule has 1 aliphatic rings. The van der Waals surface area contributed by atoms with E-state index in [1.807, 2.05) is 56.4 Å². The summed E-state index contributed by atoms with van der Waals surface area (Å²) in [5, 5.41) is 19.6. The van der Waals surface area contributed by atoms with Crippen LogP contribution in [-0.4, -0.2) is 43.1 Å². The predicted molar refractivity (Wildman–Crippen MR) is 161 cm³/mol. The monoisotopic (exact) mass is 547 g/mol. The molecule has 3 aromatic heterocycles. The third-order valence-corrected chi connectivity index (χ3v) is 6.85. The van der Waals surface area contributed by atoms with E-state index in [9.17, 15) is 9.90 Å². The number of nitrogens with zero attached hydrogens (tertiary/aromatic N) is 4. The molecule has 41 heavy (non-hydrogen) atoms. The van der Waals surface area contributed by atoms with Crippen molar-refractivity contribution in [2.24, 2.45) is 5.92 Å². The summed E-state index contributed by atoms with van der Waals surface area (Å²) >= 11 is 0. The fraction of sp³-hybridized carbons (Fsp3) is 0.281. The van der Waals surface area contributed by atoms with Crippen LogP contribution < -0.4 is 16.0 Å². The van der Waals surface area contributed by atoms with Gasteiger partial charge in [-0.05, 0) is 85.7 Å². The standard InChI is InChI=1S/C32H33N7O2/c1-21(2)31(41)37-27-15-18-34-26(19-27)8-5-22-3-6-25(7-4-22)38-32-35-20-29(23-13-16-33-17-14-23)30(39-32)36-24-9-11-28(40)12-10-24/h3-4,6-7,13-21,24,28,40H,9-12H2,1-2H3,(H,34,37,41)(H2,35,36,38,39). The summed E-state index contributed by atoms with van der Waals surface area (Å²) in [5.74, 6) is 7.25. The second-order valence-corrected chi connectivity index (χ2v) is 10.4. The highest BCUT2D eigenvalue weighted by atomic mass is 16.3. The molecule has 1 amide bonds. The van der Waals surface area contributed by atoms with E-state index in [-0.39, 0.29) is 24.0 Å². The molecule has 4 N–H and O–H groups in total. The predicted octanol–water partition coefficient (Wildman–Crippen LogP) is 5.39. The Labute approximate surface area is 239 Å². The molecule has 0 bridgehead atoms. The Morgan fingerprint density at radius 2 is 1.68 bits per heavy atom. The summed E-state index contributed by atoms with van der Waals surface area (Å²) < 4.78 is 0. The molecule has 1 aromatic carbocycles. The quantitative estimate of drug-likeness (QED) is 0.227. The van der Waals surface area contributed by atoms with Crippen LogP contribution in [0.3, 0.4) is 0 Å². The first-order valence-corrected chi connectivity index (χ1v) is 13.8. The highest BCUT2D eigenvalue weighted by molar-refractivity contribution is 5.92. The molecule has 4 aromatic rings. The summed E-state index contributed by atoms with van der Waals surface area (Å²) in [7, 11) is 0. The number of carbonyl (C=O) groups excluding carboxylic acids is 1. The lowest BCUT2D eigenvalue weighted by atomic mass is 9.93. The van der Waals surface area contributed by atoms with Crippen molar-refractivity contribution in [3.63, 3.8) is 0 Å². The topological polar surface area (TPSA) is 125 Å². The maximum Gasteiger partial charge on any atom is 0.229 e. The first-order valence-electron chi connectivity index (χ1n) is 13.8. The third kappa shape index (κ3) is 7.65. The van der Waals surface area contributed by atoms with Crippen molar-refractivity contribution in [1.29, 1.82) is 0 Å². The number of hydrogen-bond acceptors (Lipinski definition) is 8. The van der Waals surface area contributed by atoms with E-state index in [1.54, 1.807) is 30.7 Å². The second kappa shape index (κ2) is 13.0. The zero-order chi connectivity index (χ0) is 28.6. The smallest absolute Gasteiger partial charge is 0.229 e. The van der Waals surface area contributed by atoms with Crippen molar-refractivity contribution in [3.8, 4) is 23.0 Å². The molecule has 208 valence electrons. The van der Waals surface area contributed by atoms with Crippen LogP contribution in [0, 0.1) is 17.8 Å². The van der Waals surface area contributed by atoms with Gasteiger partial charge in [-0.25, -0.2) is 9.97 Å².